The number of benzene rings is 1. The zero-order chi connectivity index (χ0) is 13.8. The summed E-state index contributed by atoms with van der Waals surface area (Å²) in [5.41, 5.74) is 0.311. The highest BCUT2D eigenvalue weighted by Gasteiger charge is 2.26. The van der Waals surface area contributed by atoms with Crippen molar-refractivity contribution in [2.75, 3.05) is 13.2 Å². The molecule has 2 rings (SSSR count). The molecule has 0 aliphatic heterocycles. The monoisotopic (exact) mass is 329 g/mol. The fourth-order valence-corrected chi connectivity index (χ4v) is 3.10. The van der Waals surface area contributed by atoms with E-state index in [0.29, 0.717) is 22.5 Å². The van der Waals surface area contributed by atoms with Crippen molar-refractivity contribution in [1.82, 2.24) is 5.32 Å². The predicted octanol–water partition coefficient (Wildman–Crippen LogP) is 2.73. The Hall–Kier alpha value is -0.940. The molecule has 2 atom stereocenters. The summed E-state index contributed by atoms with van der Waals surface area (Å²) in [6.07, 6.45) is 3.14. The second kappa shape index (κ2) is 6.48. The molecule has 2 N–H and O–H groups in total. The number of rotatable bonds is 4. The zero-order valence-electron chi connectivity index (χ0n) is 10.5. The van der Waals surface area contributed by atoms with E-state index in [-0.39, 0.29) is 18.4 Å². The van der Waals surface area contributed by atoms with Crippen LogP contribution in [0.4, 0.5) is 4.39 Å². The number of carbonyl (C=O) groups is 1. The lowest BCUT2D eigenvalue weighted by molar-refractivity contribution is 0.0937. The maximum Gasteiger partial charge on any atom is 0.251 e. The predicted molar refractivity (Wildman–Crippen MR) is 74.4 cm³/mol. The summed E-state index contributed by atoms with van der Waals surface area (Å²) in [5.74, 6) is -0.108. The van der Waals surface area contributed by atoms with Crippen molar-refractivity contribution in [1.29, 1.82) is 0 Å². The number of halogens is 2. The topological polar surface area (TPSA) is 49.3 Å². The molecule has 0 saturated heterocycles. The van der Waals surface area contributed by atoms with E-state index in [9.17, 15) is 14.3 Å². The standard InChI is InChI=1S/C14H17BrFNO2/c15-12-4-11(5-13(16)6-12)14(19)17-7-9-2-1-3-10(9)8-18/h4-6,9-10,18H,1-3,7-8H2,(H,17,19). The molecule has 1 saturated carbocycles. The molecule has 0 radical (unpaired) electrons. The largest absolute Gasteiger partial charge is 0.396 e. The highest BCUT2D eigenvalue weighted by Crippen LogP contribution is 2.30. The second-order valence-corrected chi connectivity index (χ2v) is 5.92. The lowest BCUT2D eigenvalue weighted by Crippen LogP contribution is -2.31. The van der Waals surface area contributed by atoms with Gasteiger partial charge in [0.15, 0.2) is 0 Å². The number of amides is 1. The van der Waals surface area contributed by atoms with Crippen LogP contribution in [0.2, 0.25) is 0 Å². The fourth-order valence-electron chi connectivity index (χ4n) is 2.63. The molecule has 3 nitrogen and oxygen atoms in total. The van der Waals surface area contributed by atoms with Crippen LogP contribution in [0.1, 0.15) is 29.6 Å². The molecule has 1 aliphatic rings. The first-order valence-corrected chi connectivity index (χ1v) is 7.24. The third-order valence-electron chi connectivity index (χ3n) is 3.70. The third-order valence-corrected chi connectivity index (χ3v) is 4.16. The first-order chi connectivity index (χ1) is 9.10. The van der Waals surface area contributed by atoms with Gasteiger partial charge in [0, 0.05) is 23.2 Å². The Labute approximate surface area is 120 Å². The van der Waals surface area contributed by atoms with Crippen LogP contribution in [0.5, 0.6) is 0 Å². The molecule has 1 fully saturated rings. The van der Waals surface area contributed by atoms with Crippen LogP contribution in [-0.2, 0) is 0 Å². The molecule has 0 spiro atoms. The van der Waals surface area contributed by atoms with Gasteiger partial charge < -0.3 is 10.4 Å². The second-order valence-electron chi connectivity index (χ2n) is 5.00. The number of aliphatic hydroxyl groups is 1. The molecular formula is C14H17BrFNO2. The van der Waals surface area contributed by atoms with Gasteiger partial charge in [0.05, 0.1) is 0 Å². The smallest absolute Gasteiger partial charge is 0.251 e. The fraction of sp³-hybridized carbons (Fsp3) is 0.500. The maximum atomic E-state index is 13.2. The normalized spacial score (nSPS) is 22.5. The zero-order valence-corrected chi connectivity index (χ0v) is 12.1. The lowest BCUT2D eigenvalue weighted by Gasteiger charge is -2.17. The first kappa shape index (κ1) is 14.5. The molecular weight excluding hydrogens is 313 g/mol. The quantitative estimate of drug-likeness (QED) is 0.892. The van der Waals surface area contributed by atoms with E-state index in [4.69, 9.17) is 0 Å². The van der Waals surface area contributed by atoms with Gasteiger partial charge in [0.1, 0.15) is 5.82 Å². The van der Waals surface area contributed by atoms with Gasteiger partial charge in [-0.25, -0.2) is 4.39 Å². The van der Waals surface area contributed by atoms with Gasteiger partial charge in [-0.05, 0) is 42.9 Å². The van der Waals surface area contributed by atoms with Crippen LogP contribution >= 0.6 is 15.9 Å². The van der Waals surface area contributed by atoms with Crippen LogP contribution in [0, 0.1) is 17.7 Å². The summed E-state index contributed by atoms with van der Waals surface area (Å²) in [4.78, 5) is 11.9. The van der Waals surface area contributed by atoms with Crippen molar-refractivity contribution in [2.45, 2.75) is 19.3 Å². The van der Waals surface area contributed by atoms with Crippen molar-refractivity contribution in [3.05, 3.63) is 34.1 Å². The molecule has 0 heterocycles. The van der Waals surface area contributed by atoms with Crippen molar-refractivity contribution < 1.29 is 14.3 Å². The Balaban J connectivity index is 1.94. The SMILES string of the molecule is O=C(NCC1CCCC1CO)c1cc(F)cc(Br)c1. The number of carbonyl (C=O) groups excluding carboxylic acids is 1. The molecule has 0 aromatic heterocycles. The molecule has 1 aromatic rings. The van der Waals surface area contributed by atoms with Crippen LogP contribution in [0.15, 0.2) is 22.7 Å². The summed E-state index contributed by atoms with van der Waals surface area (Å²) in [7, 11) is 0. The van der Waals surface area contributed by atoms with Gasteiger partial charge in [-0.15, -0.1) is 0 Å². The minimum Gasteiger partial charge on any atom is -0.396 e. The van der Waals surface area contributed by atoms with Crippen molar-refractivity contribution in [3.63, 3.8) is 0 Å². The van der Waals surface area contributed by atoms with E-state index in [2.05, 4.69) is 21.2 Å². The summed E-state index contributed by atoms with van der Waals surface area (Å²) < 4.78 is 13.8. The molecule has 1 aliphatic carbocycles. The summed E-state index contributed by atoms with van der Waals surface area (Å²) >= 11 is 3.17. The van der Waals surface area contributed by atoms with E-state index in [1.165, 1.54) is 12.1 Å². The Bertz CT molecular complexity index is 447. The molecule has 2 unspecified atom stereocenters. The van der Waals surface area contributed by atoms with Crippen molar-refractivity contribution in [3.8, 4) is 0 Å². The van der Waals surface area contributed by atoms with E-state index in [1.54, 1.807) is 6.07 Å². The summed E-state index contributed by atoms with van der Waals surface area (Å²) in [5, 5.41) is 12.0. The molecule has 1 aromatic carbocycles. The van der Waals surface area contributed by atoms with Gasteiger partial charge in [0.2, 0.25) is 0 Å². The Kier molecular flexibility index (Phi) is 4.93. The maximum absolute atomic E-state index is 13.2. The number of hydrogen-bond acceptors (Lipinski definition) is 2. The minimum absolute atomic E-state index is 0.173. The number of aliphatic hydroxyl groups excluding tert-OH is 1. The van der Waals surface area contributed by atoms with E-state index in [0.717, 1.165) is 19.3 Å². The average Bonchev–Trinajstić information content (AvgIpc) is 2.82. The molecule has 0 bridgehead atoms. The highest BCUT2D eigenvalue weighted by molar-refractivity contribution is 9.10. The molecule has 19 heavy (non-hydrogen) atoms. The lowest BCUT2D eigenvalue weighted by atomic mass is 9.97. The third kappa shape index (κ3) is 3.76. The average molecular weight is 330 g/mol. The van der Waals surface area contributed by atoms with Crippen LogP contribution in [0.3, 0.4) is 0 Å². The highest BCUT2D eigenvalue weighted by atomic mass is 79.9. The van der Waals surface area contributed by atoms with E-state index >= 15 is 0 Å². The van der Waals surface area contributed by atoms with Gasteiger partial charge in [-0.2, -0.15) is 0 Å². The van der Waals surface area contributed by atoms with Crippen LogP contribution < -0.4 is 5.32 Å². The first-order valence-electron chi connectivity index (χ1n) is 6.45. The Morgan fingerprint density at radius 2 is 2.11 bits per heavy atom. The summed E-state index contributed by atoms with van der Waals surface area (Å²) in [6.45, 7) is 0.713. The molecule has 104 valence electrons. The van der Waals surface area contributed by atoms with Crippen LogP contribution in [-0.4, -0.2) is 24.2 Å². The Morgan fingerprint density at radius 3 is 2.79 bits per heavy atom. The van der Waals surface area contributed by atoms with Gasteiger partial charge in [-0.3, -0.25) is 4.79 Å². The van der Waals surface area contributed by atoms with Crippen molar-refractivity contribution >= 4 is 21.8 Å². The van der Waals surface area contributed by atoms with Crippen molar-refractivity contribution in [2.24, 2.45) is 11.8 Å². The van der Waals surface area contributed by atoms with Gasteiger partial charge >= 0.3 is 0 Å². The summed E-state index contributed by atoms with van der Waals surface area (Å²) in [6, 6.07) is 4.13. The van der Waals surface area contributed by atoms with E-state index in [1.807, 2.05) is 0 Å². The number of nitrogens with one attached hydrogen (secondary N) is 1. The molecule has 1 amide bonds. The molecule has 5 heteroatoms. The van der Waals surface area contributed by atoms with Gasteiger partial charge in [0.25, 0.3) is 5.91 Å². The van der Waals surface area contributed by atoms with Crippen LogP contribution in [0.25, 0.3) is 0 Å². The minimum atomic E-state index is -0.436. The number of hydrogen-bond donors (Lipinski definition) is 2. The van der Waals surface area contributed by atoms with E-state index < -0.39 is 5.82 Å². The van der Waals surface area contributed by atoms with Gasteiger partial charge in [-0.1, -0.05) is 22.4 Å². The Morgan fingerprint density at radius 1 is 1.37 bits per heavy atom.